The molecule has 0 fully saturated rings. The summed E-state index contributed by atoms with van der Waals surface area (Å²) in [7, 11) is 12.3. The molecule has 0 unspecified atom stereocenters. The Labute approximate surface area is 58.8 Å². The molecule has 0 aliphatic rings. The monoisotopic (exact) mass is 257 g/mol. The Morgan fingerprint density at radius 2 is 1.20 bits per heavy atom. The SMILES string of the molecule is [S]=[Cu].[S]=[Mo]=[S]. The maximum absolute atomic E-state index is 4.34. The summed E-state index contributed by atoms with van der Waals surface area (Å²) in [5.41, 5.74) is 0. The van der Waals surface area contributed by atoms with Gasteiger partial charge in [-0.15, -0.1) is 0 Å². The van der Waals surface area contributed by atoms with E-state index >= 15 is 0 Å². The van der Waals surface area contributed by atoms with Crippen LogP contribution in [-0.2, 0) is 29.3 Å². The predicted octanol–water partition coefficient (Wildman–Crippen LogP) is 1.94. The minimum atomic E-state index is -0.363. The van der Waals surface area contributed by atoms with Gasteiger partial charge in [0.25, 0.3) is 0 Å². The van der Waals surface area contributed by atoms with E-state index < -0.39 is 0 Å². The molecule has 0 bridgehead atoms. The van der Waals surface area contributed by atoms with Crippen LogP contribution in [-0.4, -0.2) is 0 Å². The summed E-state index contributed by atoms with van der Waals surface area (Å²) >= 11 is 3.41. The molecule has 0 aromatic heterocycles. The quantitative estimate of drug-likeness (QED) is 0.607. The van der Waals surface area contributed by atoms with Crippen molar-refractivity contribution in [2.75, 3.05) is 0 Å². The van der Waals surface area contributed by atoms with E-state index in [1.54, 1.807) is 0 Å². The molecule has 0 heterocycles. The molecule has 0 aromatic rings. The second kappa shape index (κ2) is 16.9. The Kier molecular flexibility index (Phi) is 33.7. The molecule has 35 valence electrons. The number of rotatable bonds is 0. The van der Waals surface area contributed by atoms with Crippen LogP contribution in [0.4, 0.5) is 0 Å². The standard InChI is InChI=1S/Cu.Mo.3S. The Morgan fingerprint density at radius 1 is 1.20 bits per heavy atom. The average molecular weight is 256 g/mol. The molecular weight excluding hydrogens is 256 g/mol. The summed E-state index contributed by atoms with van der Waals surface area (Å²) in [4.78, 5) is 0. The van der Waals surface area contributed by atoms with Gasteiger partial charge < -0.3 is 0 Å². The third-order valence-corrected chi connectivity index (χ3v) is 0. The molecule has 0 nitrogen and oxygen atoms in total. The molecule has 0 rings (SSSR count). The first-order chi connectivity index (χ1) is 2.41. The summed E-state index contributed by atoms with van der Waals surface area (Å²) in [5, 5.41) is 0. The summed E-state index contributed by atoms with van der Waals surface area (Å²) in [6, 6.07) is 0. The first-order valence-corrected chi connectivity index (χ1v) is 7.44. The van der Waals surface area contributed by atoms with Gasteiger partial charge in [0, 0.05) is 0 Å². The average Bonchev–Trinajstić information content (AvgIpc) is 1.46. The Hall–Kier alpha value is 1.87. The zero-order chi connectivity index (χ0) is 4.71. The molecule has 0 aliphatic carbocycles. The molecule has 0 spiro atoms. The van der Waals surface area contributed by atoms with Crippen molar-refractivity contribution in [3.8, 4) is 0 Å². The summed E-state index contributed by atoms with van der Waals surface area (Å²) in [6.07, 6.45) is 0. The Morgan fingerprint density at radius 3 is 1.20 bits per heavy atom. The van der Waals surface area contributed by atoms with Crippen LogP contribution in [0.1, 0.15) is 0 Å². The first kappa shape index (κ1) is 9.98. The van der Waals surface area contributed by atoms with Gasteiger partial charge in [-0.1, -0.05) is 0 Å². The second-order valence-electron chi connectivity index (χ2n) is 0.0680. The van der Waals surface area contributed by atoms with Crippen LogP contribution in [0, 0.1) is 0 Å². The van der Waals surface area contributed by atoms with E-state index in [0.29, 0.717) is 0 Å². The van der Waals surface area contributed by atoms with E-state index in [9.17, 15) is 0 Å². The van der Waals surface area contributed by atoms with Crippen molar-refractivity contribution in [2.24, 2.45) is 0 Å². The second-order valence-corrected chi connectivity index (χ2v) is 3.62. The number of hydrogen-bond acceptors (Lipinski definition) is 3. The zero-order valence-electron chi connectivity index (χ0n) is 1.93. The molecule has 5 heteroatoms. The van der Waals surface area contributed by atoms with Gasteiger partial charge in [-0.05, 0) is 0 Å². The molecule has 5 heavy (non-hydrogen) atoms. The van der Waals surface area contributed by atoms with Gasteiger partial charge in [-0.2, -0.15) is 0 Å². The van der Waals surface area contributed by atoms with E-state index in [0.717, 1.165) is 0 Å². The molecule has 0 aliphatic heterocycles. The first-order valence-electron chi connectivity index (χ1n) is 0.456. The van der Waals surface area contributed by atoms with Crippen LogP contribution >= 0.6 is 30.2 Å². The Bertz CT molecular complexity index is 36.2. The van der Waals surface area contributed by atoms with Crippen molar-refractivity contribution >= 4 is 30.2 Å². The van der Waals surface area contributed by atoms with Gasteiger partial charge in [0.1, 0.15) is 0 Å². The zero-order valence-corrected chi connectivity index (χ0v) is 7.33. The van der Waals surface area contributed by atoms with Crippen LogP contribution in [0.3, 0.4) is 0 Å². The summed E-state index contributed by atoms with van der Waals surface area (Å²) in [6.45, 7) is 0. The van der Waals surface area contributed by atoms with E-state index in [-0.39, 0.29) is 14.9 Å². The molecule has 0 saturated heterocycles. The maximum atomic E-state index is 4.34. The predicted molar refractivity (Wildman–Crippen MR) is 22.8 cm³/mol. The molecule has 0 radical (unpaired) electrons. The Balaban J connectivity index is 0. The molecule has 0 amide bonds. The van der Waals surface area contributed by atoms with Gasteiger partial charge in [0.2, 0.25) is 0 Å². The van der Waals surface area contributed by atoms with E-state index in [4.69, 9.17) is 0 Å². The van der Waals surface area contributed by atoms with Gasteiger partial charge in [-0.25, -0.2) is 0 Å². The van der Waals surface area contributed by atoms with E-state index in [2.05, 4.69) is 44.6 Å². The minimum absolute atomic E-state index is 0.363. The van der Waals surface area contributed by atoms with Gasteiger partial charge in [-0.3, -0.25) is 0 Å². The molecule has 0 saturated carbocycles. The van der Waals surface area contributed by atoms with Gasteiger partial charge in [0.05, 0.1) is 0 Å². The van der Waals surface area contributed by atoms with Crippen molar-refractivity contribution in [3.05, 3.63) is 0 Å². The van der Waals surface area contributed by atoms with Crippen molar-refractivity contribution in [1.29, 1.82) is 0 Å². The number of hydrogen-bond donors (Lipinski definition) is 0. The summed E-state index contributed by atoms with van der Waals surface area (Å²) in [5.74, 6) is 0. The van der Waals surface area contributed by atoms with Crippen LogP contribution in [0.5, 0.6) is 0 Å². The van der Waals surface area contributed by atoms with Crippen molar-refractivity contribution < 1.29 is 29.3 Å². The molecule has 0 N–H and O–H groups in total. The fourth-order valence-electron chi connectivity index (χ4n) is 0. The fourth-order valence-corrected chi connectivity index (χ4v) is 0. The van der Waals surface area contributed by atoms with Crippen LogP contribution < -0.4 is 0 Å². The normalized spacial score (nSPS) is 3.60. The van der Waals surface area contributed by atoms with Crippen LogP contribution in [0.25, 0.3) is 0 Å². The van der Waals surface area contributed by atoms with Gasteiger partial charge >= 0.3 is 59.5 Å². The van der Waals surface area contributed by atoms with Crippen molar-refractivity contribution in [3.63, 3.8) is 0 Å². The van der Waals surface area contributed by atoms with Crippen LogP contribution in [0.15, 0.2) is 0 Å². The van der Waals surface area contributed by atoms with Crippen LogP contribution in [0.2, 0.25) is 0 Å². The van der Waals surface area contributed by atoms with Gasteiger partial charge in [0.15, 0.2) is 0 Å². The molecular formula is CuMoS3. The molecule has 0 atom stereocenters. The topological polar surface area (TPSA) is 0 Å². The van der Waals surface area contributed by atoms with E-state index in [1.807, 2.05) is 0 Å². The van der Waals surface area contributed by atoms with Crippen molar-refractivity contribution in [2.45, 2.75) is 0 Å². The van der Waals surface area contributed by atoms with Crippen molar-refractivity contribution in [1.82, 2.24) is 0 Å². The summed E-state index contributed by atoms with van der Waals surface area (Å²) < 4.78 is 0. The molecule has 0 aromatic carbocycles. The fraction of sp³-hybridized carbons (Fsp3) is 0. The van der Waals surface area contributed by atoms with E-state index in [1.165, 1.54) is 0 Å². The third-order valence-electron chi connectivity index (χ3n) is 0. The third kappa shape index (κ3) is 25.2.